The van der Waals surface area contributed by atoms with Gasteiger partial charge in [0, 0.05) is 43.3 Å². The summed E-state index contributed by atoms with van der Waals surface area (Å²) < 4.78 is 19.6. The standard InChI is InChI=1S/C19H18ClFN4O2S2/c20-14-3-1-4-15(21)13(14)11-24-6-8-25(9-7-24)17(26)12-29-19-23-22-18(27-19)16-5-2-10-28-16/h1-5,10H,6-9,11-12H2. The zero-order valence-corrected chi connectivity index (χ0v) is 17.8. The van der Waals surface area contributed by atoms with E-state index in [1.165, 1.54) is 29.2 Å². The highest BCUT2D eigenvalue weighted by molar-refractivity contribution is 7.99. The first-order valence-electron chi connectivity index (χ1n) is 9.03. The minimum atomic E-state index is -0.297. The number of halogens is 2. The van der Waals surface area contributed by atoms with Crippen molar-refractivity contribution in [1.29, 1.82) is 0 Å². The molecule has 1 saturated heterocycles. The van der Waals surface area contributed by atoms with Crippen molar-refractivity contribution < 1.29 is 13.6 Å². The molecule has 1 aliphatic rings. The van der Waals surface area contributed by atoms with Gasteiger partial charge >= 0.3 is 0 Å². The van der Waals surface area contributed by atoms with E-state index < -0.39 is 0 Å². The second-order valence-electron chi connectivity index (χ2n) is 6.50. The number of carbonyl (C=O) groups excluding carboxylic acids is 1. The Labute approximate surface area is 180 Å². The molecule has 0 atom stereocenters. The van der Waals surface area contributed by atoms with E-state index in [0.29, 0.717) is 54.4 Å². The number of thiophene rings is 1. The smallest absolute Gasteiger partial charge is 0.277 e. The summed E-state index contributed by atoms with van der Waals surface area (Å²) >= 11 is 8.87. The average Bonchev–Trinajstić information content (AvgIpc) is 3.41. The van der Waals surface area contributed by atoms with Crippen molar-refractivity contribution in [1.82, 2.24) is 20.0 Å². The van der Waals surface area contributed by atoms with Crippen LogP contribution in [0.15, 0.2) is 45.4 Å². The Morgan fingerprint density at radius 3 is 2.76 bits per heavy atom. The molecule has 0 spiro atoms. The molecule has 0 radical (unpaired) electrons. The van der Waals surface area contributed by atoms with Gasteiger partial charge in [-0.25, -0.2) is 4.39 Å². The summed E-state index contributed by atoms with van der Waals surface area (Å²) in [4.78, 5) is 17.3. The summed E-state index contributed by atoms with van der Waals surface area (Å²) in [5, 5.41) is 10.8. The van der Waals surface area contributed by atoms with Crippen molar-refractivity contribution in [3.05, 3.63) is 52.1 Å². The van der Waals surface area contributed by atoms with Crippen LogP contribution in [0.1, 0.15) is 5.56 Å². The molecule has 1 fully saturated rings. The van der Waals surface area contributed by atoms with Gasteiger partial charge in [-0.1, -0.05) is 35.5 Å². The monoisotopic (exact) mass is 452 g/mol. The first kappa shape index (κ1) is 20.3. The normalized spacial score (nSPS) is 15.0. The predicted molar refractivity (Wildman–Crippen MR) is 112 cm³/mol. The first-order chi connectivity index (χ1) is 14.1. The molecule has 6 nitrogen and oxygen atoms in total. The van der Waals surface area contributed by atoms with E-state index >= 15 is 0 Å². The summed E-state index contributed by atoms with van der Waals surface area (Å²) in [7, 11) is 0. The first-order valence-corrected chi connectivity index (χ1v) is 11.3. The van der Waals surface area contributed by atoms with Crippen molar-refractivity contribution in [2.75, 3.05) is 31.9 Å². The SMILES string of the molecule is O=C(CSc1nnc(-c2cccs2)o1)N1CCN(Cc2c(F)cccc2Cl)CC1. The van der Waals surface area contributed by atoms with Crippen LogP contribution in [-0.4, -0.2) is 57.8 Å². The molecule has 0 unspecified atom stereocenters. The number of benzene rings is 1. The van der Waals surface area contributed by atoms with Crippen LogP contribution in [0.2, 0.25) is 5.02 Å². The van der Waals surface area contributed by atoms with Crippen LogP contribution < -0.4 is 0 Å². The molecular formula is C19H18ClFN4O2S2. The molecule has 29 heavy (non-hydrogen) atoms. The van der Waals surface area contributed by atoms with Gasteiger partial charge in [0.2, 0.25) is 5.91 Å². The molecule has 3 aromatic rings. The Morgan fingerprint density at radius 1 is 1.21 bits per heavy atom. The Kier molecular flexibility index (Phi) is 6.49. The number of rotatable bonds is 6. The molecule has 4 rings (SSSR count). The number of hydrogen-bond acceptors (Lipinski definition) is 7. The summed E-state index contributed by atoms with van der Waals surface area (Å²) in [5.41, 5.74) is 0.502. The number of carbonyl (C=O) groups is 1. The molecule has 152 valence electrons. The van der Waals surface area contributed by atoms with Gasteiger partial charge in [-0.15, -0.1) is 21.5 Å². The Bertz CT molecular complexity index is 954. The van der Waals surface area contributed by atoms with Crippen LogP contribution in [0.25, 0.3) is 10.8 Å². The summed E-state index contributed by atoms with van der Waals surface area (Å²) in [6.07, 6.45) is 0. The molecule has 0 saturated carbocycles. The fourth-order valence-corrected chi connectivity index (χ4v) is 4.58. The largest absolute Gasteiger partial charge is 0.410 e. The number of piperazine rings is 1. The highest BCUT2D eigenvalue weighted by atomic mass is 35.5. The third kappa shape index (κ3) is 4.98. The molecule has 0 bridgehead atoms. The van der Waals surface area contributed by atoms with Crippen LogP contribution in [0, 0.1) is 5.82 Å². The molecule has 1 amide bonds. The van der Waals surface area contributed by atoms with Crippen LogP contribution in [0.3, 0.4) is 0 Å². The zero-order chi connectivity index (χ0) is 20.2. The van der Waals surface area contributed by atoms with Crippen LogP contribution in [-0.2, 0) is 11.3 Å². The van der Waals surface area contributed by atoms with Gasteiger partial charge in [-0.2, -0.15) is 0 Å². The molecule has 0 N–H and O–H groups in total. The maximum Gasteiger partial charge on any atom is 0.277 e. The lowest BCUT2D eigenvalue weighted by Crippen LogP contribution is -2.48. The van der Waals surface area contributed by atoms with E-state index in [0.717, 1.165) is 4.88 Å². The van der Waals surface area contributed by atoms with Gasteiger partial charge in [0.15, 0.2) is 0 Å². The van der Waals surface area contributed by atoms with Crippen molar-refractivity contribution in [3.8, 4) is 10.8 Å². The number of amides is 1. The molecule has 2 aromatic heterocycles. The van der Waals surface area contributed by atoms with Crippen LogP contribution >= 0.6 is 34.7 Å². The third-order valence-electron chi connectivity index (χ3n) is 4.63. The molecule has 0 aliphatic carbocycles. The molecular weight excluding hydrogens is 435 g/mol. The topological polar surface area (TPSA) is 62.5 Å². The maximum atomic E-state index is 14.0. The van der Waals surface area contributed by atoms with Gasteiger partial charge in [-0.3, -0.25) is 9.69 Å². The third-order valence-corrected chi connectivity index (χ3v) is 6.64. The molecule has 10 heteroatoms. The fraction of sp³-hybridized carbons (Fsp3) is 0.316. The lowest BCUT2D eigenvalue weighted by Gasteiger charge is -2.34. The second-order valence-corrected chi connectivity index (χ2v) is 8.78. The van der Waals surface area contributed by atoms with Gasteiger partial charge in [0.25, 0.3) is 11.1 Å². The van der Waals surface area contributed by atoms with E-state index in [4.69, 9.17) is 16.0 Å². The minimum Gasteiger partial charge on any atom is -0.410 e. The van der Waals surface area contributed by atoms with Crippen molar-refractivity contribution in [2.45, 2.75) is 11.8 Å². The quantitative estimate of drug-likeness (QED) is 0.526. The fourth-order valence-electron chi connectivity index (χ4n) is 3.05. The zero-order valence-electron chi connectivity index (χ0n) is 15.4. The average molecular weight is 453 g/mol. The van der Waals surface area contributed by atoms with E-state index in [2.05, 4.69) is 15.1 Å². The summed E-state index contributed by atoms with van der Waals surface area (Å²) in [6.45, 7) is 2.97. The predicted octanol–water partition coefficient (Wildman–Crippen LogP) is 4.03. The molecule has 3 heterocycles. The number of aromatic nitrogens is 2. The number of hydrogen-bond donors (Lipinski definition) is 0. The lowest BCUT2D eigenvalue weighted by atomic mass is 10.2. The summed E-state index contributed by atoms with van der Waals surface area (Å²) in [5.74, 6) is 0.435. The highest BCUT2D eigenvalue weighted by Crippen LogP contribution is 2.27. The van der Waals surface area contributed by atoms with E-state index in [1.807, 2.05) is 22.4 Å². The summed E-state index contributed by atoms with van der Waals surface area (Å²) in [6, 6.07) is 8.53. The maximum absolute atomic E-state index is 14.0. The van der Waals surface area contributed by atoms with Crippen molar-refractivity contribution in [3.63, 3.8) is 0 Å². The molecule has 1 aliphatic heterocycles. The number of thioether (sulfide) groups is 1. The second kappa shape index (κ2) is 9.25. The van der Waals surface area contributed by atoms with Crippen LogP contribution in [0.4, 0.5) is 4.39 Å². The Morgan fingerprint density at radius 2 is 2.03 bits per heavy atom. The number of nitrogens with zero attached hydrogens (tertiary/aromatic N) is 4. The highest BCUT2D eigenvalue weighted by Gasteiger charge is 2.23. The van der Waals surface area contributed by atoms with Crippen molar-refractivity contribution in [2.24, 2.45) is 0 Å². The lowest BCUT2D eigenvalue weighted by molar-refractivity contribution is -0.130. The van der Waals surface area contributed by atoms with Crippen molar-refractivity contribution >= 4 is 40.6 Å². The van der Waals surface area contributed by atoms with E-state index in [-0.39, 0.29) is 17.5 Å². The Hall–Kier alpha value is -1.94. The van der Waals surface area contributed by atoms with E-state index in [9.17, 15) is 9.18 Å². The minimum absolute atomic E-state index is 0.0226. The Balaban J connectivity index is 1.25. The van der Waals surface area contributed by atoms with Gasteiger partial charge < -0.3 is 9.32 Å². The van der Waals surface area contributed by atoms with Gasteiger partial charge in [0.05, 0.1) is 10.6 Å². The van der Waals surface area contributed by atoms with E-state index in [1.54, 1.807) is 12.1 Å². The molecule has 1 aromatic carbocycles. The van der Waals surface area contributed by atoms with Crippen LogP contribution in [0.5, 0.6) is 0 Å². The van der Waals surface area contributed by atoms with Gasteiger partial charge in [-0.05, 0) is 23.6 Å². The van der Waals surface area contributed by atoms with Gasteiger partial charge in [0.1, 0.15) is 5.82 Å².